The molecule has 0 fully saturated rings. The van der Waals surface area contributed by atoms with E-state index in [-0.39, 0.29) is 36.3 Å². The zero-order chi connectivity index (χ0) is 19.3. The molecule has 9 heteroatoms. The summed E-state index contributed by atoms with van der Waals surface area (Å²) in [5.74, 6) is -0.984. The highest BCUT2D eigenvalue weighted by Crippen LogP contribution is 2.18. The highest BCUT2D eigenvalue weighted by atomic mass is 127. The Kier molecular flexibility index (Phi) is 10.00. The second-order valence-electron chi connectivity index (χ2n) is 6.72. The van der Waals surface area contributed by atoms with Crippen molar-refractivity contribution in [3.05, 3.63) is 35.4 Å². The summed E-state index contributed by atoms with van der Waals surface area (Å²) in [5, 5.41) is 5.99. The van der Waals surface area contributed by atoms with Crippen LogP contribution in [-0.4, -0.2) is 38.0 Å². The Labute approximate surface area is 172 Å². The molecular formula is C17H28F2IN3O2S. The molecule has 2 N–H and O–H groups in total. The van der Waals surface area contributed by atoms with Gasteiger partial charge in [0.05, 0.1) is 23.1 Å². The molecule has 5 nitrogen and oxygen atoms in total. The van der Waals surface area contributed by atoms with Gasteiger partial charge in [0, 0.05) is 18.2 Å². The van der Waals surface area contributed by atoms with Crippen LogP contribution in [0.4, 0.5) is 8.78 Å². The number of benzene rings is 1. The van der Waals surface area contributed by atoms with E-state index in [4.69, 9.17) is 0 Å². The highest BCUT2D eigenvalue weighted by molar-refractivity contribution is 14.0. The number of hydrogen-bond acceptors (Lipinski definition) is 3. The number of rotatable bonds is 6. The quantitative estimate of drug-likeness (QED) is 0.355. The van der Waals surface area contributed by atoms with Gasteiger partial charge in [-0.25, -0.2) is 17.2 Å². The van der Waals surface area contributed by atoms with Crippen LogP contribution in [0.5, 0.6) is 0 Å². The predicted octanol–water partition coefficient (Wildman–Crippen LogP) is 3.41. The minimum Gasteiger partial charge on any atom is -0.357 e. The summed E-state index contributed by atoms with van der Waals surface area (Å²) in [7, 11) is -3.26. The number of nitrogens with one attached hydrogen (secondary N) is 2. The van der Waals surface area contributed by atoms with Gasteiger partial charge in [-0.3, -0.25) is 4.99 Å². The Morgan fingerprint density at radius 1 is 1.27 bits per heavy atom. The first-order valence-electron chi connectivity index (χ1n) is 8.20. The van der Waals surface area contributed by atoms with E-state index < -0.39 is 32.3 Å². The maximum absolute atomic E-state index is 13.9. The van der Waals surface area contributed by atoms with Gasteiger partial charge in [0.2, 0.25) is 0 Å². The van der Waals surface area contributed by atoms with Gasteiger partial charge in [0.1, 0.15) is 11.6 Å². The van der Waals surface area contributed by atoms with Crippen molar-refractivity contribution in [1.29, 1.82) is 0 Å². The third-order valence-electron chi connectivity index (χ3n) is 3.69. The number of halogens is 3. The lowest BCUT2D eigenvalue weighted by Crippen LogP contribution is -2.39. The maximum atomic E-state index is 13.9. The first-order valence-corrected chi connectivity index (χ1v) is 9.85. The van der Waals surface area contributed by atoms with Crippen molar-refractivity contribution in [2.24, 2.45) is 4.99 Å². The van der Waals surface area contributed by atoms with Crippen LogP contribution < -0.4 is 10.6 Å². The van der Waals surface area contributed by atoms with Gasteiger partial charge < -0.3 is 10.6 Å². The fraction of sp³-hybridized carbons (Fsp3) is 0.588. The van der Waals surface area contributed by atoms with Crippen LogP contribution in [0.1, 0.15) is 46.2 Å². The number of nitrogens with zero attached hydrogens (tertiary/aromatic N) is 1. The van der Waals surface area contributed by atoms with Crippen LogP contribution in [-0.2, 0) is 9.84 Å². The lowest BCUT2D eigenvalue weighted by Gasteiger charge is -2.20. The Bertz CT molecular complexity index is 719. The van der Waals surface area contributed by atoms with E-state index in [0.717, 1.165) is 6.07 Å². The Morgan fingerprint density at radius 2 is 1.88 bits per heavy atom. The van der Waals surface area contributed by atoms with Crippen molar-refractivity contribution in [1.82, 2.24) is 10.6 Å². The van der Waals surface area contributed by atoms with Crippen LogP contribution in [0.2, 0.25) is 0 Å². The van der Waals surface area contributed by atoms with E-state index in [9.17, 15) is 17.2 Å². The molecular weight excluding hydrogens is 475 g/mol. The summed E-state index contributed by atoms with van der Waals surface area (Å²) >= 11 is 0. The number of sulfone groups is 1. The molecule has 1 aromatic rings. The molecule has 0 heterocycles. The molecule has 0 bridgehead atoms. The largest absolute Gasteiger partial charge is 0.357 e. The van der Waals surface area contributed by atoms with Crippen LogP contribution in [0.15, 0.2) is 23.2 Å². The third-order valence-corrected chi connectivity index (χ3v) is 6.28. The third kappa shape index (κ3) is 7.34. The number of aliphatic imine (C=N–C) groups is 1. The SMILES string of the molecule is CCNC(=NCCS(=O)(=O)C(C)(C)C)NC(C)c1ccc(F)cc1F.I. The molecule has 1 unspecified atom stereocenters. The van der Waals surface area contributed by atoms with E-state index >= 15 is 0 Å². The molecule has 1 rings (SSSR count). The van der Waals surface area contributed by atoms with E-state index in [1.807, 2.05) is 6.92 Å². The van der Waals surface area contributed by atoms with E-state index in [2.05, 4.69) is 15.6 Å². The average Bonchev–Trinajstić information content (AvgIpc) is 2.45. The molecule has 1 aromatic carbocycles. The van der Waals surface area contributed by atoms with Crippen molar-refractivity contribution in [2.45, 2.75) is 45.4 Å². The first-order chi connectivity index (χ1) is 11.5. The van der Waals surface area contributed by atoms with Gasteiger partial charge in [0.15, 0.2) is 15.8 Å². The molecule has 0 aliphatic rings. The van der Waals surface area contributed by atoms with Gasteiger partial charge in [0.25, 0.3) is 0 Å². The molecule has 1 atom stereocenters. The van der Waals surface area contributed by atoms with E-state index in [1.54, 1.807) is 27.7 Å². The normalized spacial score (nSPS) is 13.7. The minimum atomic E-state index is -3.26. The van der Waals surface area contributed by atoms with Crippen molar-refractivity contribution >= 4 is 39.8 Å². The zero-order valence-corrected chi connectivity index (χ0v) is 18.9. The van der Waals surface area contributed by atoms with Gasteiger partial charge in [-0.1, -0.05) is 6.07 Å². The Hall–Kier alpha value is -0.970. The lowest BCUT2D eigenvalue weighted by atomic mass is 10.1. The van der Waals surface area contributed by atoms with Crippen LogP contribution >= 0.6 is 24.0 Å². The fourth-order valence-electron chi connectivity index (χ4n) is 2.04. The average molecular weight is 503 g/mol. The summed E-state index contributed by atoms with van der Waals surface area (Å²) < 4.78 is 50.3. The van der Waals surface area contributed by atoms with Gasteiger partial charge >= 0.3 is 0 Å². The molecule has 26 heavy (non-hydrogen) atoms. The molecule has 0 saturated carbocycles. The molecule has 0 aliphatic heterocycles. The standard InChI is InChI=1S/C17H27F2N3O2S.HI/c1-6-20-16(21-9-10-25(23,24)17(3,4)5)22-12(2)14-8-7-13(18)11-15(14)19;/h7-8,11-12H,6,9-10H2,1-5H3,(H2,20,21,22);1H. The van der Waals surface area contributed by atoms with Crippen molar-refractivity contribution in [3.63, 3.8) is 0 Å². The topological polar surface area (TPSA) is 70.6 Å². The van der Waals surface area contributed by atoms with Crippen molar-refractivity contribution < 1.29 is 17.2 Å². The van der Waals surface area contributed by atoms with Crippen molar-refractivity contribution in [2.75, 3.05) is 18.8 Å². The molecule has 0 aliphatic carbocycles. The van der Waals surface area contributed by atoms with Crippen LogP contribution in [0, 0.1) is 11.6 Å². The molecule has 0 spiro atoms. The Morgan fingerprint density at radius 3 is 2.38 bits per heavy atom. The second kappa shape index (κ2) is 10.4. The molecule has 0 aromatic heterocycles. The van der Waals surface area contributed by atoms with Gasteiger partial charge in [-0.2, -0.15) is 0 Å². The molecule has 0 saturated heterocycles. The van der Waals surface area contributed by atoms with Gasteiger partial charge in [-0.15, -0.1) is 24.0 Å². The molecule has 0 amide bonds. The zero-order valence-electron chi connectivity index (χ0n) is 15.8. The predicted molar refractivity (Wildman–Crippen MR) is 113 cm³/mol. The lowest BCUT2D eigenvalue weighted by molar-refractivity contribution is 0.551. The summed E-state index contributed by atoms with van der Waals surface area (Å²) in [6.45, 7) is 9.18. The summed E-state index contributed by atoms with van der Waals surface area (Å²) in [6, 6.07) is 2.93. The van der Waals surface area contributed by atoms with E-state index in [1.165, 1.54) is 12.1 Å². The number of guanidine groups is 1. The summed E-state index contributed by atoms with van der Waals surface area (Å²) in [5.41, 5.74) is 0.300. The smallest absolute Gasteiger partial charge is 0.191 e. The minimum absolute atomic E-state index is 0. The van der Waals surface area contributed by atoms with E-state index in [0.29, 0.717) is 18.1 Å². The first kappa shape index (κ1) is 25.0. The summed E-state index contributed by atoms with van der Waals surface area (Å²) in [6.07, 6.45) is 0. The molecule has 0 radical (unpaired) electrons. The number of hydrogen-bond donors (Lipinski definition) is 2. The fourth-order valence-corrected chi connectivity index (χ4v) is 2.98. The van der Waals surface area contributed by atoms with Crippen LogP contribution in [0.25, 0.3) is 0 Å². The van der Waals surface area contributed by atoms with Crippen molar-refractivity contribution in [3.8, 4) is 0 Å². The Balaban J connectivity index is 0.00000625. The molecule has 150 valence electrons. The highest BCUT2D eigenvalue weighted by Gasteiger charge is 2.28. The van der Waals surface area contributed by atoms with Gasteiger partial charge in [-0.05, 0) is 40.7 Å². The maximum Gasteiger partial charge on any atom is 0.191 e. The van der Waals surface area contributed by atoms with Crippen LogP contribution in [0.3, 0.4) is 0 Å². The monoisotopic (exact) mass is 503 g/mol. The summed E-state index contributed by atoms with van der Waals surface area (Å²) in [4.78, 5) is 4.24. The second-order valence-corrected chi connectivity index (χ2v) is 9.59.